The van der Waals surface area contributed by atoms with Gasteiger partial charge in [-0.2, -0.15) is 0 Å². The molecule has 0 atom stereocenters. The lowest BCUT2D eigenvalue weighted by Gasteiger charge is -2.08. The molecular weight excluding hydrogens is 292 g/mol. The highest BCUT2D eigenvalue weighted by Crippen LogP contribution is 2.33. The van der Waals surface area contributed by atoms with Crippen LogP contribution in [0.4, 0.5) is 5.69 Å². The van der Waals surface area contributed by atoms with E-state index in [2.05, 4.69) is 26.6 Å². The molecule has 2 N–H and O–H groups in total. The molecular formula is C14H19BrN2O. The predicted molar refractivity (Wildman–Crippen MR) is 77.6 cm³/mol. The van der Waals surface area contributed by atoms with E-state index in [1.54, 1.807) is 0 Å². The van der Waals surface area contributed by atoms with Crippen molar-refractivity contribution in [2.24, 2.45) is 5.92 Å². The molecule has 2 rings (SSSR count). The van der Waals surface area contributed by atoms with Crippen LogP contribution in [0.5, 0.6) is 0 Å². The standard InChI is InChI=1S/C14H19BrN2O/c15-12-5-1-2-6-13(12)17-14(18)10-16-9-3-4-11-7-8-11/h1-2,5-6,11,16H,3-4,7-10H2,(H,17,18). The van der Waals surface area contributed by atoms with Crippen LogP contribution in [0.15, 0.2) is 28.7 Å². The average Bonchev–Trinajstić information content (AvgIpc) is 3.16. The number of hydrogen-bond acceptors (Lipinski definition) is 2. The topological polar surface area (TPSA) is 41.1 Å². The van der Waals surface area contributed by atoms with Crippen molar-refractivity contribution in [3.8, 4) is 0 Å². The van der Waals surface area contributed by atoms with Gasteiger partial charge in [0.25, 0.3) is 0 Å². The molecule has 18 heavy (non-hydrogen) atoms. The summed E-state index contributed by atoms with van der Waals surface area (Å²) >= 11 is 3.41. The molecule has 1 aliphatic carbocycles. The second-order valence-electron chi connectivity index (χ2n) is 4.79. The molecule has 4 heteroatoms. The van der Waals surface area contributed by atoms with Gasteiger partial charge >= 0.3 is 0 Å². The van der Waals surface area contributed by atoms with Gasteiger partial charge in [0.05, 0.1) is 12.2 Å². The Balaban J connectivity index is 1.60. The molecule has 3 nitrogen and oxygen atoms in total. The molecule has 98 valence electrons. The molecule has 1 amide bonds. The second-order valence-corrected chi connectivity index (χ2v) is 5.64. The van der Waals surface area contributed by atoms with Crippen molar-refractivity contribution < 1.29 is 4.79 Å². The molecule has 0 heterocycles. The van der Waals surface area contributed by atoms with Crippen molar-refractivity contribution in [2.75, 3.05) is 18.4 Å². The van der Waals surface area contributed by atoms with Gasteiger partial charge < -0.3 is 10.6 Å². The number of nitrogens with one attached hydrogen (secondary N) is 2. The predicted octanol–water partition coefficient (Wildman–Crippen LogP) is 3.17. The van der Waals surface area contributed by atoms with Gasteiger partial charge in [-0.05, 0) is 53.4 Å². The lowest BCUT2D eigenvalue weighted by Crippen LogP contribution is -2.28. The molecule has 1 saturated carbocycles. The van der Waals surface area contributed by atoms with Gasteiger partial charge in [0.15, 0.2) is 0 Å². The number of carbonyl (C=O) groups excluding carboxylic acids is 1. The molecule has 1 aromatic rings. The summed E-state index contributed by atoms with van der Waals surface area (Å²) in [5.74, 6) is 0.981. The second kappa shape index (κ2) is 6.90. The van der Waals surface area contributed by atoms with Crippen molar-refractivity contribution in [1.82, 2.24) is 5.32 Å². The van der Waals surface area contributed by atoms with Crippen molar-refractivity contribution in [3.63, 3.8) is 0 Å². The molecule has 1 fully saturated rings. The Morgan fingerprint density at radius 1 is 1.33 bits per heavy atom. The first kappa shape index (κ1) is 13.6. The Hall–Kier alpha value is -0.870. The monoisotopic (exact) mass is 310 g/mol. The quantitative estimate of drug-likeness (QED) is 0.760. The van der Waals surface area contributed by atoms with Crippen LogP contribution < -0.4 is 10.6 Å². The minimum atomic E-state index is 0.00771. The summed E-state index contributed by atoms with van der Waals surface area (Å²) in [5, 5.41) is 6.05. The summed E-state index contributed by atoms with van der Waals surface area (Å²) in [6, 6.07) is 7.63. The van der Waals surface area contributed by atoms with Crippen LogP contribution in [-0.4, -0.2) is 19.0 Å². The molecule has 0 radical (unpaired) electrons. The van der Waals surface area contributed by atoms with Gasteiger partial charge in [0.1, 0.15) is 0 Å². The molecule has 0 unspecified atom stereocenters. The number of amides is 1. The first-order chi connectivity index (χ1) is 8.75. The average molecular weight is 311 g/mol. The highest BCUT2D eigenvalue weighted by atomic mass is 79.9. The molecule has 1 aliphatic rings. The zero-order valence-electron chi connectivity index (χ0n) is 10.4. The summed E-state index contributed by atoms with van der Waals surface area (Å²) in [4.78, 5) is 11.7. The maximum atomic E-state index is 11.7. The number of hydrogen-bond donors (Lipinski definition) is 2. The zero-order chi connectivity index (χ0) is 12.8. The molecule has 0 aliphatic heterocycles. The summed E-state index contributed by atoms with van der Waals surface area (Å²) in [5.41, 5.74) is 0.822. The smallest absolute Gasteiger partial charge is 0.238 e. The zero-order valence-corrected chi connectivity index (χ0v) is 12.0. The van der Waals surface area contributed by atoms with Crippen molar-refractivity contribution in [3.05, 3.63) is 28.7 Å². The summed E-state index contributed by atoms with van der Waals surface area (Å²) in [6.07, 6.45) is 5.29. The Kier molecular flexibility index (Phi) is 5.20. The minimum Gasteiger partial charge on any atom is -0.324 e. The van der Waals surface area contributed by atoms with E-state index in [4.69, 9.17) is 0 Å². The lowest BCUT2D eigenvalue weighted by molar-refractivity contribution is -0.115. The number of carbonyl (C=O) groups is 1. The van der Waals surface area contributed by atoms with Crippen LogP contribution in [0.1, 0.15) is 25.7 Å². The van der Waals surface area contributed by atoms with Crippen LogP contribution in [0.2, 0.25) is 0 Å². The first-order valence-corrected chi connectivity index (χ1v) is 7.30. The van der Waals surface area contributed by atoms with Gasteiger partial charge in [-0.3, -0.25) is 4.79 Å². The third kappa shape index (κ3) is 4.78. The largest absolute Gasteiger partial charge is 0.324 e. The fourth-order valence-corrected chi connectivity index (χ4v) is 2.27. The summed E-state index contributed by atoms with van der Waals surface area (Å²) in [6.45, 7) is 1.31. The highest BCUT2D eigenvalue weighted by Gasteiger charge is 2.19. The number of anilines is 1. The molecule has 0 spiro atoms. The minimum absolute atomic E-state index is 0.00771. The fourth-order valence-electron chi connectivity index (χ4n) is 1.88. The number of benzene rings is 1. The van der Waals surface area contributed by atoms with E-state index in [9.17, 15) is 4.79 Å². The van der Waals surface area contributed by atoms with Crippen molar-refractivity contribution >= 4 is 27.5 Å². The normalized spacial score (nSPS) is 14.5. The van der Waals surface area contributed by atoms with E-state index in [1.165, 1.54) is 25.7 Å². The molecule has 1 aromatic carbocycles. The van der Waals surface area contributed by atoms with E-state index in [0.717, 1.165) is 22.6 Å². The fraction of sp³-hybridized carbons (Fsp3) is 0.500. The van der Waals surface area contributed by atoms with Crippen LogP contribution in [0, 0.1) is 5.92 Å². The number of halogens is 1. The molecule has 0 bridgehead atoms. The van der Waals surface area contributed by atoms with Crippen LogP contribution in [0.3, 0.4) is 0 Å². The first-order valence-electron chi connectivity index (χ1n) is 6.51. The SMILES string of the molecule is O=C(CNCCCC1CC1)Nc1ccccc1Br. The third-order valence-electron chi connectivity index (χ3n) is 3.10. The van der Waals surface area contributed by atoms with Crippen molar-refractivity contribution in [2.45, 2.75) is 25.7 Å². The highest BCUT2D eigenvalue weighted by molar-refractivity contribution is 9.10. The third-order valence-corrected chi connectivity index (χ3v) is 3.79. The maximum absolute atomic E-state index is 11.7. The van der Waals surface area contributed by atoms with Crippen LogP contribution in [-0.2, 0) is 4.79 Å². The Morgan fingerprint density at radius 2 is 2.11 bits per heavy atom. The van der Waals surface area contributed by atoms with Gasteiger partial charge in [-0.15, -0.1) is 0 Å². The number of para-hydroxylation sites is 1. The summed E-state index contributed by atoms with van der Waals surface area (Å²) < 4.78 is 0.909. The Morgan fingerprint density at radius 3 is 2.83 bits per heavy atom. The van der Waals surface area contributed by atoms with Gasteiger partial charge in [-0.1, -0.05) is 25.0 Å². The van der Waals surface area contributed by atoms with E-state index in [0.29, 0.717) is 6.54 Å². The summed E-state index contributed by atoms with van der Waals surface area (Å²) in [7, 11) is 0. The molecule has 0 saturated heterocycles. The Bertz CT molecular complexity index is 405. The number of rotatable bonds is 7. The lowest BCUT2D eigenvalue weighted by atomic mass is 10.2. The maximum Gasteiger partial charge on any atom is 0.238 e. The van der Waals surface area contributed by atoms with E-state index in [1.807, 2.05) is 24.3 Å². The van der Waals surface area contributed by atoms with Gasteiger partial charge in [0, 0.05) is 4.47 Å². The van der Waals surface area contributed by atoms with Gasteiger partial charge in [-0.25, -0.2) is 0 Å². The van der Waals surface area contributed by atoms with Crippen LogP contribution >= 0.6 is 15.9 Å². The van der Waals surface area contributed by atoms with E-state index >= 15 is 0 Å². The Labute approximate surface area is 116 Å². The van der Waals surface area contributed by atoms with Crippen LogP contribution in [0.25, 0.3) is 0 Å². The molecule has 0 aromatic heterocycles. The van der Waals surface area contributed by atoms with E-state index in [-0.39, 0.29) is 5.91 Å². The van der Waals surface area contributed by atoms with E-state index < -0.39 is 0 Å². The van der Waals surface area contributed by atoms with Crippen molar-refractivity contribution in [1.29, 1.82) is 0 Å². The van der Waals surface area contributed by atoms with Gasteiger partial charge in [0.2, 0.25) is 5.91 Å².